The molecule has 0 heterocycles. The first-order valence-electron chi connectivity index (χ1n) is 8.72. The van der Waals surface area contributed by atoms with Crippen molar-refractivity contribution >= 4 is 11.9 Å². The monoisotopic (exact) mass is 393 g/mol. The third-order valence-corrected chi connectivity index (χ3v) is 4.09. The van der Waals surface area contributed by atoms with E-state index in [0.717, 1.165) is 12.1 Å². The molecule has 2 rings (SSSR count). The van der Waals surface area contributed by atoms with E-state index in [0.29, 0.717) is 17.7 Å². The lowest BCUT2D eigenvalue weighted by Gasteiger charge is -2.27. The highest BCUT2D eigenvalue weighted by molar-refractivity contribution is 5.97. The van der Waals surface area contributed by atoms with Crippen LogP contribution in [-0.4, -0.2) is 30.4 Å². The van der Waals surface area contributed by atoms with Crippen molar-refractivity contribution in [2.24, 2.45) is 0 Å². The van der Waals surface area contributed by atoms with E-state index in [1.807, 2.05) is 0 Å². The molecule has 28 heavy (non-hydrogen) atoms. The Morgan fingerprint density at radius 2 is 1.64 bits per heavy atom. The van der Waals surface area contributed by atoms with Gasteiger partial charge in [-0.15, -0.1) is 0 Å². The van der Waals surface area contributed by atoms with E-state index in [-0.39, 0.29) is 6.54 Å². The fraction of sp³-hybridized carbons (Fsp3) is 0.300. The van der Waals surface area contributed by atoms with Gasteiger partial charge in [0.1, 0.15) is 6.04 Å². The number of nitrogens with zero attached hydrogens (tertiary/aromatic N) is 1. The fourth-order valence-electron chi connectivity index (χ4n) is 2.80. The summed E-state index contributed by atoms with van der Waals surface area (Å²) >= 11 is 0. The summed E-state index contributed by atoms with van der Waals surface area (Å²) in [7, 11) is 1.67. The molecule has 0 unspecified atom stereocenters. The summed E-state index contributed by atoms with van der Waals surface area (Å²) in [4.78, 5) is 26.1. The second-order valence-electron chi connectivity index (χ2n) is 6.27. The van der Waals surface area contributed by atoms with Gasteiger partial charge in [-0.25, -0.2) is 4.79 Å². The molecular weight excluding hydrogens is 371 g/mol. The van der Waals surface area contributed by atoms with E-state index >= 15 is 0 Å². The molecule has 0 aromatic heterocycles. The van der Waals surface area contributed by atoms with E-state index in [4.69, 9.17) is 0 Å². The number of urea groups is 1. The largest absolute Gasteiger partial charge is 0.416 e. The number of rotatable bonds is 6. The molecule has 2 aromatic carbocycles. The zero-order chi connectivity index (χ0) is 20.7. The predicted molar refractivity (Wildman–Crippen MR) is 99.3 cm³/mol. The lowest BCUT2D eigenvalue weighted by Crippen LogP contribution is -2.45. The van der Waals surface area contributed by atoms with Gasteiger partial charge in [0, 0.05) is 13.1 Å². The van der Waals surface area contributed by atoms with Crippen LogP contribution >= 0.6 is 0 Å². The van der Waals surface area contributed by atoms with Gasteiger partial charge in [0.15, 0.2) is 0 Å². The van der Waals surface area contributed by atoms with Crippen molar-refractivity contribution in [2.75, 3.05) is 13.6 Å². The molecule has 1 atom stereocenters. The summed E-state index contributed by atoms with van der Waals surface area (Å²) in [6.45, 7) is 2.33. The van der Waals surface area contributed by atoms with Crippen molar-refractivity contribution in [1.29, 1.82) is 0 Å². The zero-order valence-corrected chi connectivity index (χ0v) is 15.6. The maximum Gasteiger partial charge on any atom is 0.416 e. The molecule has 0 radical (unpaired) electrons. The average molecular weight is 393 g/mol. The Kier molecular flexibility index (Phi) is 7.17. The van der Waals surface area contributed by atoms with E-state index in [2.05, 4.69) is 10.6 Å². The summed E-state index contributed by atoms with van der Waals surface area (Å²) in [5.41, 5.74) is 0.549. The molecule has 0 fully saturated rings. The third-order valence-electron chi connectivity index (χ3n) is 4.09. The number of alkyl halides is 3. The van der Waals surface area contributed by atoms with Crippen LogP contribution < -0.4 is 10.6 Å². The van der Waals surface area contributed by atoms with E-state index in [1.54, 1.807) is 49.2 Å². The van der Waals surface area contributed by atoms with Gasteiger partial charge < -0.3 is 5.32 Å². The Hall–Kier alpha value is -2.87. The van der Waals surface area contributed by atoms with Crippen LogP contribution in [-0.2, 0) is 17.5 Å². The van der Waals surface area contributed by atoms with Gasteiger partial charge in [0.05, 0.1) is 5.56 Å². The number of carbonyl (C=O) groups excluding carboxylic acids is 2. The highest BCUT2D eigenvalue weighted by Gasteiger charge is 2.30. The van der Waals surface area contributed by atoms with Crippen molar-refractivity contribution in [1.82, 2.24) is 15.5 Å². The molecule has 150 valence electrons. The SMILES string of the molecule is CCNC(=O)NC(=O)[C@@H](c1ccccc1)N(C)Cc1ccc(C(F)(F)F)cc1. The Morgan fingerprint density at radius 1 is 1.04 bits per heavy atom. The van der Waals surface area contributed by atoms with Crippen molar-refractivity contribution in [3.63, 3.8) is 0 Å². The zero-order valence-electron chi connectivity index (χ0n) is 15.6. The van der Waals surface area contributed by atoms with Crippen molar-refractivity contribution in [3.05, 3.63) is 71.3 Å². The minimum absolute atomic E-state index is 0.223. The standard InChI is InChI=1S/C20H22F3N3O2/c1-3-24-19(28)25-18(27)17(15-7-5-4-6-8-15)26(2)13-14-9-11-16(12-10-14)20(21,22)23/h4-12,17H,3,13H2,1-2H3,(H2,24,25,27,28)/t17-/m1/s1. The molecule has 0 aliphatic heterocycles. The highest BCUT2D eigenvalue weighted by atomic mass is 19.4. The second kappa shape index (κ2) is 9.36. The van der Waals surface area contributed by atoms with Gasteiger partial charge >= 0.3 is 12.2 Å². The molecule has 0 bridgehead atoms. The summed E-state index contributed by atoms with van der Waals surface area (Å²) in [5.74, 6) is -0.522. The van der Waals surface area contributed by atoms with Crippen molar-refractivity contribution in [3.8, 4) is 0 Å². The Balaban J connectivity index is 2.20. The van der Waals surface area contributed by atoms with Crippen LogP contribution in [0.1, 0.15) is 29.7 Å². The summed E-state index contributed by atoms with van der Waals surface area (Å²) in [5, 5.41) is 4.79. The van der Waals surface area contributed by atoms with Crippen LogP contribution in [0.5, 0.6) is 0 Å². The van der Waals surface area contributed by atoms with E-state index in [1.165, 1.54) is 12.1 Å². The maximum absolute atomic E-state index is 12.7. The molecule has 2 aromatic rings. The first-order valence-corrected chi connectivity index (χ1v) is 8.72. The van der Waals surface area contributed by atoms with Crippen LogP contribution in [0.3, 0.4) is 0 Å². The number of amides is 3. The van der Waals surface area contributed by atoms with Gasteiger partial charge in [-0.05, 0) is 37.2 Å². The normalized spacial score (nSPS) is 12.5. The van der Waals surface area contributed by atoms with Crippen LogP contribution in [0.2, 0.25) is 0 Å². The minimum atomic E-state index is -4.40. The number of hydrogen-bond acceptors (Lipinski definition) is 3. The van der Waals surface area contributed by atoms with Gasteiger partial charge in [-0.1, -0.05) is 42.5 Å². The van der Waals surface area contributed by atoms with Crippen LogP contribution in [0.15, 0.2) is 54.6 Å². The molecule has 8 heteroatoms. The topological polar surface area (TPSA) is 61.4 Å². The number of hydrogen-bond donors (Lipinski definition) is 2. The van der Waals surface area contributed by atoms with Crippen molar-refractivity contribution < 1.29 is 22.8 Å². The molecule has 0 spiro atoms. The average Bonchev–Trinajstić information content (AvgIpc) is 2.62. The molecular formula is C20H22F3N3O2. The number of likely N-dealkylation sites (N-methyl/N-ethyl adjacent to an activating group) is 1. The molecule has 3 amide bonds. The molecule has 2 N–H and O–H groups in total. The van der Waals surface area contributed by atoms with Gasteiger partial charge in [-0.3, -0.25) is 15.0 Å². The predicted octanol–water partition coefficient (Wildman–Crippen LogP) is 3.72. The molecule has 5 nitrogen and oxygen atoms in total. The maximum atomic E-state index is 12.7. The Bertz CT molecular complexity index is 793. The van der Waals surface area contributed by atoms with Gasteiger partial charge in [0.25, 0.3) is 0 Å². The van der Waals surface area contributed by atoms with Gasteiger partial charge in [0.2, 0.25) is 5.91 Å². The quantitative estimate of drug-likeness (QED) is 0.786. The molecule has 0 aliphatic rings. The van der Waals surface area contributed by atoms with Crippen molar-refractivity contribution in [2.45, 2.75) is 25.7 Å². The Morgan fingerprint density at radius 3 is 2.18 bits per heavy atom. The minimum Gasteiger partial charge on any atom is -0.338 e. The number of halogens is 3. The van der Waals surface area contributed by atoms with E-state index in [9.17, 15) is 22.8 Å². The summed E-state index contributed by atoms with van der Waals surface area (Å²) < 4.78 is 38.2. The summed E-state index contributed by atoms with van der Waals surface area (Å²) in [6, 6.07) is 12.2. The van der Waals surface area contributed by atoms with E-state index < -0.39 is 29.7 Å². The van der Waals surface area contributed by atoms with Crippen LogP contribution in [0.25, 0.3) is 0 Å². The Labute approximate surface area is 161 Å². The molecule has 0 saturated heterocycles. The first kappa shape index (κ1) is 21.4. The van der Waals surface area contributed by atoms with Crippen LogP contribution in [0.4, 0.5) is 18.0 Å². The third kappa shape index (κ3) is 5.82. The number of nitrogens with one attached hydrogen (secondary N) is 2. The number of imide groups is 1. The lowest BCUT2D eigenvalue weighted by molar-refractivity contribution is -0.137. The summed E-state index contributed by atoms with van der Waals surface area (Å²) in [6.07, 6.45) is -4.40. The second-order valence-corrected chi connectivity index (χ2v) is 6.27. The highest BCUT2D eigenvalue weighted by Crippen LogP contribution is 2.29. The van der Waals surface area contributed by atoms with Crippen LogP contribution in [0, 0.1) is 0 Å². The number of carbonyl (C=O) groups is 2. The van der Waals surface area contributed by atoms with Gasteiger partial charge in [-0.2, -0.15) is 13.2 Å². The lowest BCUT2D eigenvalue weighted by atomic mass is 10.0. The smallest absolute Gasteiger partial charge is 0.338 e. The molecule has 0 saturated carbocycles. The molecule has 0 aliphatic carbocycles. The first-order chi connectivity index (χ1) is 13.2. The number of benzene rings is 2. The fourth-order valence-corrected chi connectivity index (χ4v) is 2.80.